The molecule has 2 N–H and O–H groups in total. The molecule has 4 heteroatoms. The molecule has 0 saturated carbocycles. The fraction of sp³-hybridized carbons (Fsp3) is 0.889. The van der Waals surface area contributed by atoms with E-state index in [0.717, 1.165) is 19.3 Å². The van der Waals surface area contributed by atoms with Gasteiger partial charge >= 0.3 is 5.97 Å². The fourth-order valence-electron chi connectivity index (χ4n) is 1.04. The van der Waals surface area contributed by atoms with Crippen LogP contribution >= 0.6 is 0 Å². The second-order valence-electron chi connectivity index (χ2n) is 3.03. The maximum absolute atomic E-state index is 10.8. The lowest BCUT2D eigenvalue weighted by Gasteiger charge is -2.14. The molecule has 0 heterocycles. The highest BCUT2D eigenvalue weighted by Crippen LogP contribution is 2.07. The predicted octanol–water partition coefficient (Wildman–Crippen LogP) is 0.461. The first kappa shape index (κ1) is 12.4. The van der Waals surface area contributed by atoms with Crippen LogP contribution in [-0.4, -0.2) is 35.5 Å². The van der Waals surface area contributed by atoms with E-state index in [9.17, 15) is 9.90 Å². The van der Waals surface area contributed by atoms with Crippen LogP contribution in [0.15, 0.2) is 0 Å². The quantitative estimate of drug-likeness (QED) is 0.471. The summed E-state index contributed by atoms with van der Waals surface area (Å²) in [5.41, 5.74) is 0. The third kappa shape index (κ3) is 4.85. The minimum absolute atomic E-state index is 0.435. The Balaban J connectivity index is 3.68. The minimum Gasteiger partial charge on any atom is -0.467 e. The maximum atomic E-state index is 10.8. The molecule has 0 aliphatic carbocycles. The van der Waals surface area contributed by atoms with Gasteiger partial charge in [-0.05, 0) is 6.42 Å². The van der Waals surface area contributed by atoms with Crippen LogP contribution in [0, 0.1) is 0 Å². The van der Waals surface area contributed by atoms with Gasteiger partial charge in [-0.2, -0.15) is 0 Å². The van der Waals surface area contributed by atoms with Gasteiger partial charge < -0.3 is 14.9 Å². The molecular weight excluding hydrogens is 172 g/mol. The number of aliphatic hydroxyl groups is 2. The number of rotatable bonds is 6. The molecule has 0 aliphatic rings. The summed E-state index contributed by atoms with van der Waals surface area (Å²) in [6, 6.07) is 0. The lowest BCUT2D eigenvalue weighted by Crippen LogP contribution is -2.34. The number of hydrogen-bond donors (Lipinski definition) is 2. The van der Waals surface area contributed by atoms with E-state index in [1.54, 1.807) is 0 Å². The summed E-state index contributed by atoms with van der Waals surface area (Å²) in [7, 11) is 1.18. The minimum atomic E-state index is -1.40. The highest BCUT2D eigenvalue weighted by atomic mass is 16.5. The second-order valence-corrected chi connectivity index (χ2v) is 3.03. The van der Waals surface area contributed by atoms with Gasteiger partial charge in [0.2, 0.25) is 0 Å². The van der Waals surface area contributed by atoms with Crippen molar-refractivity contribution < 1.29 is 19.7 Å². The zero-order chi connectivity index (χ0) is 10.3. The van der Waals surface area contributed by atoms with Gasteiger partial charge in [-0.3, -0.25) is 0 Å². The molecule has 0 rings (SSSR count). The Hall–Kier alpha value is -0.610. The molecule has 13 heavy (non-hydrogen) atoms. The Morgan fingerprint density at radius 3 is 2.46 bits per heavy atom. The first-order chi connectivity index (χ1) is 6.13. The molecule has 0 unspecified atom stereocenters. The SMILES string of the molecule is CCCCC[C@@H](O)[C@H](O)C(=O)OC. The topological polar surface area (TPSA) is 66.8 Å². The van der Waals surface area contributed by atoms with Crippen LogP contribution in [0.4, 0.5) is 0 Å². The highest BCUT2D eigenvalue weighted by Gasteiger charge is 2.23. The van der Waals surface area contributed by atoms with Crippen LogP contribution in [0.1, 0.15) is 32.6 Å². The Labute approximate surface area is 78.5 Å². The number of unbranched alkanes of at least 4 members (excludes halogenated alkanes) is 2. The van der Waals surface area contributed by atoms with E-state index in [2.05, 4.69) is 4.74 Å². The Morgan fingerprint density at radius 1 is 1.38 bits per heavy atom. The molecular formula is C9H18O4. The predicted molar refractivity (Wildman–Crippen MR) is 48.2 cm³/mol. The number of ether oxygens (including phenoxy) is 1. The Morgan fingerprint density at radius 2 is 2.00 bits per heavy atom. The van der Waals surface area contributed by atoms with E-state index < -0.39 is 18.2 Å². The Kier molecular flexibility index (Phi) is 6.54. The number of carbonyl (C=O) groups is 1. The fourth-order valence-corrected chi connectivity index (χ4v) is 1.04. The third-order valence-electron chi connectivity index (χ3n) is 1.91. The molecule has 78 valence electrons. The molecule has 0 radical (unpaired) electrons. The first-order valence-corrected chi connectivity index (χ1v) is 4.57. The molecule has 0 amide bonds. The average molecular weight is 190 g/mol. The molecule has 0 aliphatic heterocycles. The van der Waals surface area contributed by atoms with Crippen molar-refractivity contribution >= 4 is 5.97 Å². The number of carbonyl (C=O) groups excluding carboxylic acids is 1. The van der Waals surface area contributed by atoms with Gasteiger partial charge in [0.05, 0.1) is 13.2 Å². The molecule has 0 aromatic heterocycles. The standard InChI is InChI=1S/C9H18O4/c1-3-4-5-6-7(10)8(11)9(12)13-2/h7-8,10-11H,3-6H2,1-2H3/t7-,8+/m1/s1. The van der Waals surface area contributed by atoms with Gasteiger partial charge in [0.15, 0.2) is 6.10 Å². The van der Waals surface area contributed by atoms with Gasteiger partial charge in [0.1, 0.15) is 0 Å². The van der Waals surface area contributed by atoms with E-state index in [4.69, 9.17) is 5.11 Å². The number of aliphatic hydroxyl groups excluding tert-OH is 2. The van der Waals surface area contributed by atoms with Crippen molar-refractivity contribution in [1.29, 1.82) is 0 Å². The van der Waals surface area contributed by atoms with E-state index >= 15 is 0 Å². The van der Waals surface area contributed by atoms with Crippen molar-refractivity contribution in [2.45, 2.75) is 44.8 Å². The van der Waals surface area contributed by atoms with Crippen LogP contribution in [-0.2, 0) is 9.53 Å². The van der Waals surface area contributed by atoms with Crippen LogP contribution in [0.5, 0.6) is 0 Å². The van der Waals surface area contributed by atoms with E-state index in [1.807, 2.05) is 6.92 Å². The van der Waals surface area contributed by atoms with E-state index in [-0.39, 0.29) is 0 Å². The summed E-state index contributed by atoms with van der Waals surface area (Å²) in [4.78, 5) is 10.8. The first-order valence-electron chi connectivity index (χ1n) is 4.57. The van der Waals surface area contributed by atoms with Crippen molar-refractivity contribution in [2.75, 3.05) is 7.11 Å². The van der Waals surface area contributed by atoms with Gasteiger partial charge in [0.25, 0.3) is 0 Å². The van der Waals surface area contributed by atoms with E-state index in [0.29, 0.717) is 6.42 Å². The lowest BCUT2D eigenvalue weighted by molar-refractivity contribution is -0.156. The molecule has 0 fully saturated rings. The molecule has 0 spiro atoms. The van der Waals surface area contributed by atoms with Gasteiger partial charge in [-0.25, -0.2) is 4.79 Å². The zero-order valence-electron chi connectivity index (χ0n) is 8.19. The monoisotopic (exact) mass is 190 g/mol. The van der Waals surface area contributed by atoms with E-state index in [1.165, 1.54) is 7.11 Å². The van der Waals surface area contributed by atoms with Gasteiger partial charge in [-0.1, -0.05) is 26.2 Å². The number of hydrogen-bond acceptors (Lipinski definition) is 4. The summed E-state index contributed by atoms with van der Waals surface area (Å²) in [5, 5.41) is 18.5. The van der Waals surface area contributed by atoms with Gasteiger partial charge in [-0.15, -0.1) is 0 Å². The normalized spacial score (nSPS) is 15.1. The summed E-state index contributed by atoms with van der Waals surface area (Å²) in [6.07, 6.45) is 0.878. The summed E-state index contributed by atoms with van der Waals surface area (Å²) in [6.45, 7) is 2.04. The highest BCUT2D eigenvalue weighted by molar-refractivity contribution is 5.74. The van der Waals surface area contributed by atoms with Crippen LogP contribution in [0.25, 0.3) is 0 Å². The molecule has 0 saturated heterocycles. The summed E-state index contributed by atoms with van der Waals surface area (Å²) >= 11 is 0. The second kappa shape index (κ2) is 6.86. The van der Waals surface area contributed by atoms with Crippen LogP contribution in [0.3, 0.4) is 0 Å². The Bertz CT molecular complexity index is 147. The maximum Gasteiger partial charge on any atom is 0.337 e. The summed E-state index contributed by atoms with van der Waals surface area (Å²) in [5.74, 6) is -0.774. The number of esters is 1. The molecule has 4 nitrogen and oxygen atoms in total. The third-order valence-corrected chi connectivity index (χ3v) is 1.91. The largest absolute Gasteiger partial charge is 0.467 e. The van der Waals surface area contributed by atoms with Crippen LogP contribution in [0.2, 0.25) is 0 Å². The summed E-state index contributed by atoms with van der Waals surface area (Å²) < 4.78 is 4.29. The molecule has 0 bridgehead atoms. The lowest BCUT2D eigenvalue weighted by atomic mass is 10.1. The molecule has 2 atom stereocenters. The molecule has 0 aromatic rings. The smallest absolute Gasteiger partial charge is 0.337 e. The van der Waals surface area contributed by atoms with Crippen molar-refractivity contribution in [3.63, 3.8) is 0 Å². The van der Waals surface area contributed by atoms with Crippen molar-refractivity contribution in [2.24, 2.45) is 0 Å². The van der Waals surface area contributed by atoms with Gasteiger partial charge in [0, 0.05) is 0 Å². The average Bonchev–Trinajstić information content (AvgIpc) is 2.15. The van der Waals surface area contributed by atoms with Crippen molar-refractivity contribution in [1.82, 2.24) is 0 Å². The van der Waals surface area contributed by atoms with Crippen molar-refractivity contribution in [3.05, 3.63) is 0 Å². The van der Waals surface area contributed by atoms with Crippen LogP contribution < -0.4 is 0 Å². The van der Waals surface area contributed by atoms with Crippen molar-refractivity contribution in [3.8, 4) is 0 Å². The number of methoxy groups -OCH3 is 1. The molecule has 0 aromatic carbocycles. The zero-order valence-corrected chi connectivity index (χ0v) is 8.19.